The third kappa shape index (κ3) is 6.38. The van der Waals surface area contributed by atoms with Crippen molar-refractivity contribution in [1.29, 1.82) is 0 Å². The summed E-state index contributed by atoms with van der Waals surface area (Å²) in [5.74, 6) is 0.558. The maximum absolute atomic E-state index is 12.8. The van der Waals surface area contributed by atoms with Crippen LogP contribution in [0.4, 0.5) is 4.39 Å². The lowest BCUT2D eigenvalue weighted by Gasteiger charge is -2.07. The van der Waals surface area contributed by atoms with E-state index in [4.69, 9.17) is 4.74 Å². The fraction of sp³-hybridized carbons (Fsp3) is 0.316. The first-order valence-electron chi connectivity index (χ1n) is 8.02. The lowest BCUT2D eigenvalue weighted by atomic mass is 10.1. The molecular formula is C19H23FN2O2. The van der Waals surface area contributed by atoms with Gasteiger partial charge in [-0.05, 0) is 54.8 Å². The Morgan fingerprint density at radius 2 is 1.54 bits per heavy atom. The maximum Gasteiger partial charge on any atom is 0.233 e. The van der Waals surface area contributed by atoms with Crippen molar-refractivity contribution in [2.75, 3.05) is 26.7 Å². The molecule has 0 radical (unpaired) electrons. The molecule has 4 nitrogen and oxygen atoms in total. The Balaban J connectivity index is 1.56. The van der Waals surface area contributed by atoms with E-state index < -0.39 is 0 Å². The molecule has 0 spiro atoms. The predicted molar refractivity (Wildman–Crippen MR) is 92.7 cm³/mol. The lowest BCUT2D eigenvalue weighted by Crippen LogP contribution is -2.35. The second-order valence-corrected chi connectivity index (χ2v) is 5.50. The van der Waals surface area contributed by atoms with Crippen LogP contribution in [0.1, 0.15) is 11.1 Å². The molecular weight excluding hydrogens is 307 g/mol. The molecule has 2 aromatic rings. The monoisotopic (exact) mass is 330 g/mol. The van der Waals surface area contributed by atoms with Crippen molar-refractivity contribution < 1.29 is 13.9 Å². The molecule has 128 valence electrons. The van der Waals surface area contributed by atoms with Crippen LogP contribution < -0.4 is 15.4 Å². The first-order valence-corrected chi connectivity index (χ1v) is 8.02. The topological polar surface area (TPSA) is 50.4 Å². The van der Waals surface area contributed by atoms with Gasteiger partial charge < -0.3 is 15.4 Å². The van der Waals surface area contributed by atoms with Gasteiger partial charge in [0.1, 0.15) is 11.6 Å². The van der Waals surface area contributed by atoms with E-state index >= 15 is 0 Å². The lowest BCUT2D eigenvalue weighted by molar-refractivity contribution is -0.120. The molecule has 0 unspecified atom stereocenters. The van der Waals surface area contributed by atoms with Crippen LogP contribution in [0.2, 0.25) is 0 Å². The normalized spacial score (nSPS) is 10.4. The van der Waals surface area contributed by atoms with Crippen LogP contribution in [0.25, 0.3) is 0 Å². The van der Waals surface area contributed by atoms with E-state index in [9.17, 15) is 9.18 Å². The first-order chi connectivity index (χ1) is 11.7. The van der Waals surface area contributed by atoms with E-state index in [1.165, 1.54) is 17.7 Å². The number of ether oxygens (including phenoxy) is 1. The SMILES string of the molecule is COc1ccc(CCNCC(=O)NCCc2ccc(F)cc2)cc1. The van der Waals surface area contributed by atoms with Crippen LogP contribution in [-0.2, 0) is 17.6 Å². The highest BCUT2D eigenvalue weighted by atomic mass is 19.1. The second-order valence-electron chi connectivity index (χ2n) is 5.50. The fourth-order valence-corrected chi connectivity index (χ4v) is 2.29. The van der Waals surface area contributed by atoms with Crippen LogP contribution in [0, 0.1) is 5.82 Å². The van der Waals surface area contributed by atoms with Crippen molar-refractivity contribution in [2.24, 2.45) is 0 Å². The second kappa shape index (κ2) is 9.67. The molecule has 0 aliphatic heterocycles. The quantitative estimate of drug-likeness (QED) is 0.694. The van der Waals surface area contributed by atoms with E-state index in [2.05, 4.69) is 10.6 Å². The Kier molecular flexibility index (Phi) is 7.23. The van der Waals surface area contributed by atoms with E-state index in [1.54, 1.807) is 19.2 Å². The molecule has 1 amide bonds. The summed E-state index contributed by atoms with van der Waals surface area (Å²) >= 11 is 0. The van der Waals surface area contributed by atoms with Crippen LogP contribution in [0.5, 0.6) is 5.75 Å². The zero-order valence-electron chi connectivity index (χ0n) is 13.8. The van der Waals surface area contributed by atoms with Crippen molar-refractivity contribution >= 4 is 5.91 Å². The Morgan fingerprint density at radius 3 is 2.17 bits per heavy atom. The Labute approximate surface area is 142 Å². The number of carbonyl (C=O) groups is 1. The van der Waals surface area contributed by atoms with Gasteiger partial charge in [0.05, 0.1) is 13.7 Å². The maximum atomic E-state index is 12.8. The Morgan fingerprint density at radius 1 is 0.958 bits per heavy atom. The van der Waals surface area contributed by atoms with Crippen LogP contribution in [0.15, 0.2) is 48.5 Å². The molecule has 24 heavy (non-hydrogen) atoms. The molecule has 0 atom stereocenters. The summed E-state index contributed by atoms with van der Waals surface area (Å²) in [5, 5.41) is 5.97. The number of hydrogen-bond donors (Lipinski definition) is 2. The Bertz CT molecular complexity index is 627. The number of amides is 1. The van der Waals surface area contributed by atoms with E-state index in [1.807, 2.05) is 24.3 Å². The molecule has 0 saturated carbocycles. The molecule has 0 heterocycles. The molecule has 0 bridgehead atoms. The highest BCUT2D eigenvalue weighted by Gasteiger charge is 2.01. The summed E-state index contributed by atoms with van der Waals surface area (Å²) in [6.07, 6.45) is 1.55. The molecule has 2 aromatic carbocycles. The number of rotatable bonds is 9. The third-order valence-electron chi connectivity index (χ3n) is 3.68. The summed E-state index contributed by atoms with van der Waals surface area (Å²) in [5.41, 5.74) is 2.20. The zero-order chi connectivity index (χ0) is 17.2. The van der Waals surface area contributed by atoms with Crippen molar-refractivity contribution in [3.63, 3.8) is 0 Å². The van der Waals surface area contributed by atoms with Gasteiger partial charge in [-0.3, -0.25) is 4.79 Å². The number of nitrogens with one attached hydrogen (secondary N) is 2. The standard InChI is InChI=1S/C19H23FN2O2/c1-24-18-8-4-16(5-9-18)10-12-21-14-19(23)22-13-11-15-2-6-17(20)7-3-15/h2-9,21H,10-14H2,1H3,(H,22,23). The summed E-state index contributed by atoms with van der Waals surface area (Å²) in [6, 6.07) is 14.2. The van der Waals surface area contributed by atoms with Gasteiger partial charge in [0.15, 0.2) is 0 Å². The van der Waals surface area contributed by atoms with Gasteiger partial charge in [-0.25, -0.2) is 4.39 Å². The van der Waals surface area contributed by atoms with Gasteiger partial charge in [-0.1, -0.05) is 24.3 Å². The molecule has 0 saturated heterocycles. The summed E-state index contributed by atoms with van der Waals surface area (Å²) in [7, 11) is 1.64. The third-order valence-corrected chi connectivity index (χ3v) is 3.68. The largest absolute Gasteiger partial charge is 0.497 e. The van der Waals surface area contributed by atoms with Gasteiger partial charge in [0.25, 0.3) is 0 Å². The molecule has 2 N–H and O–H groups in total. The highest BCUT2D eigenvalue weighted by Crippen LogP contribution is 2.11. The molecule has 2 rings (SSSR count). The number of carbonyl (C=O) groups excluding carboxylic acids is 1. The number of halogens is 1. The molecule has 5 heteroatoms. The summed E-state index contributed by atoms with van der Waals surface area (Å²) in [4.78, 5) is 11.7. The van der Waals surface area contributed by atoms with Gasteiger partial charge in [0, 0.05) is 6.54 Å². The van der Waals surface area contributed by atoms with E-state index in [0.717, 1.165) is 24.3 Å². The molecule has 0 fully saturated rings. The highest BCUT2D eigenvalue weighted by molar-refractivity contribution is 5.77. The number of benzene rings is 2. The van der Waals surface area contributed by atoms with E-state index in [0.29, 0.717) is 19.5 Å². The minimum Gasteiger partial charge on any atom is -0.497 e. The van der Waals surface area contributed by atoms with Crippen molar-refractivity contribution in [2.45, 2.75) is 12.8 Å². The summed E-state index contributed by atoms with van der Waals surface area (Å²) < 4.78 is 17.9. The van der Waals surface area contributed by atoms with Crippen LogP contribution in [-0.4, -0.2) is 32.7 Å². The van der Waals surface area contributed by atoms with Crippen LogP contribution in [0.3, 0.4) is 0 Å². The average molecular weight is 330 g/mol. The smallest absolute Gasteiger partial charge is 0.233 e. The summed E-state index contributed by atoms with van der Waals surface area (Å²) in [6.45, 7) is 1.57. The van der Waals surface area contributed by atoms with Crippen LogP contribution >= 0.6 is 0 Å². The minimum atomic E-state index is -0.246. The van der Waals surface area contributed by atoms with Gasteiger partial charge >= 0.3 is 0 Å². The zero-order valence-corrected chi connectivity index (χ0v) is 13.8. The Hall–Kier alpha value is -2.40. The average Bonchev–Trinajstić information content (AvgIpc) is 2.61. The molecule has 0 aliphatic carbocycles. The minimum absolute atomic E-state index is 0.0353. The molecule has 0 aromatic heterocycles. The van der Waals surface area contributed by atoms with Crippen molar-refractivity contribution in [3.8, 4) is 5.75 Å². The predicted octanol–water partition coefficient (Wildman–Crippen LogP) is 2.33. The van der Waals surface area contributed by atoms with Gasteiger partial charge in [-0.15, -0.1) is 0 Å². The molecule has 0 aliphatic rings. The van der Waals surface area contributed by atoms with Gasteiger partial charge in [0.2, 0.25) is 5.91 Å². The van der Waals surface area contributed by atoms with E-state index in [-0.39, 0.29) is 11.7 Å². The number of hydrogen-bond acceptors (Lipinski definition) is 3. The van der Waals surface area contributed by atoms with Gasteiger partial charge in [-0.2, -0.15) is 0 Å². The number of methoxy groups -OCH3 is 1. The fourth-order valence-electron chi connectivity index (χ4n) is 2.29. The van der Waals surface area contributed by atoms with Crippen molar-refractivity contribution in [3.05, 3.63) is 65.5 Å². The van der Waals surface area contributed by atoms with Crippen molar-refractivity contribution in [1.82, 2.24) is 10.6 Å². The first kappa shape index (κ1) is 17.9.